The van der Waals surface area contributed by atoms with Crippen molar-refractivity contribution in [2.24, 2.45) is 5.41 Å². The number of rotatable bonds is 8. The molecule has 1 rings (SSSR count). The minimum atomic E-state index is -0.183. The molecular formula is C14H28N2OS. The molecule has 1 aliphatic rings. The molecule has 0 aromatic carbocycles. The van der Waals surface area contributed by atoms with Crippen molar-refractivity contribution in [2.45, 2.75) is 45.4 Å². The van der Waals surface area contributed by atoms with E-state index < -0.39 is 0 Å². The fraction of sp³-hybridized carbons (Fsp3) is 0.929. The summed E-state index contributed by atoms with van der Waals surface area (Å²) in [6, 6.07) is 0. The number of piperidine rings is 1. The highest BCUT2D eigenvalue weighted by Gasteiger charge is 2.34. The number of nitrogens with one attached hydrogen (secondary N) is 2. The molecule has 1 atom stereocenters. The van der Waals surface area contributed by atoms with Crippen molar-refractivity contribution in [3.63, 3.8) is 0 Å². The van der Waals surface area contributed by atoms with Gasteiger partial charge in [0.25, 0.3) is 0 Å². The predicted molar refractivity (Wildman–Crippen MR) is 80.1 cm³/mol. The van der Waals surface area contributed by atoms with E-state index in [4.69, 9.17) is 0 Å². The summed E-state index contributed by atoms with van der Waals surface area (Å²) in [5, 5.41) is 6.42. The molecule has 3 nitrogen and oxygen atoms in total. The van der Waals surface area contributed by atoms with Crippen molar-refractivity contribution in [2.75, 3.05) is 31.6 Å². The molecular weight excluding hydrogens is 244 g/mol. The van der Waals surface area contributed by atoms with Gasteiger partial charge in [0.15, 0.2) is 0 Å². The van der Waals surface area contributed by atoms with Crippen LogP contribution >= 0.6 is 11.8 Å². The zero-order chi connectivity index (χ0) is 13.3. The van der Waals surface area contributed by atoms with Gasteiger partial charge in [-0.15, -0.1) is 0 Å². The molecule has 0 bridgehead atoms. The first-order valence-corrected chi connectivity index (χ1v) is 8.56. The van der Waals surface area contributed by atoms with Gasteiger partial charge in [-0.25, -0.2) is 0 Å². The quantitative estimate of drug-likeness (QED) is 0.667. The lowest BCUT2D eigenvalue weighted by atomic mass is 9.82. The van der Waals surface area contributed by atoms with E-state index >= 15 is 0 Å². The molecule has 1 unspecified atom stereocenters. The van der Waals surface area contributed by atoms with Gasteiger partial charge in [-0.05, 0) is 51.2 Å². The van der Waals surface area contributed by atoms with Crippen LogP contribution in [0, 0.1) is 5.41 Å². The standard InChI is InChI=1S/C14H28N2OS/c1-14(8-7-9-15-12-14)13(17)16-10-5-3-4-6-11-18-2/h15H,3-12H2,1-2H3,(H,16,17). The number of amides is 1. The minimum absolute atomic E-state index is 0.183. The fourth-order valence-corrected chi connectivity index (χ4v) is 2.88. The summed E-state index contributed by atoms with van der Waals surface area (Å²) < 4.78 is 0. The first-order valence-electron chi connectivity index (χ1n) is 7.17. The smallest absolute Gasteiger partial charge is 0.227 e. The molecule has 1 aliphatic heterocycles. The SMILES string of the molecule is CSCCCCCCNC(=O)C1(C)CCCNC1. The Balaban J connectivity index is 2.05. The summed E-state index contributed by atoms with van der Waals surface area (Å²) >= 11 is 1.91. The summed E-state index contributed by atoms with van der Waals surface area (Å²) in [6.07, 6.45) is 9.21. The first kappa shape index (κ1) is 15.8. The lowest BCUT2D eigenvalue weighted by Gasteiger charge is -2.32. The third-order valence-corrected chi connectivity index (χ3v) is 4.40. The largest absolute Gasteiger partial charge is 0.356 e. The average molecular weight is 272 g/mol. The van der Waals surface area contributed by atoms with Crippen LogP contribution in [0.4, 0.5) is 0 Å². The second-order valence-electron chi connectivity index (χ2n) is 5.50. The molecule has 0 aliphatic carbocycles. The number of unbranched alkanes of at least 4 members (excludes halogenated alkanes) is 3. The van der Waals surface area contributed by atoms with Gasteiger partial charge >= 0.3 is 0 Å². The molecule has 4 heteroatoms. The molecule has 0 aromatic heterocycles. The van der Waals surface area contributed by atoms with Gasteiger partial charge in [0, 0.05) is 13.1 Å². The van der Waals surface area contributed by atoms with Crippen LogP contribution in [0.2, 0.25) is 0 Å². The third-order valence-electron chi connectivity index (χ3n) is 3.71. The number of hydrogen-bond acceptors (Lipinski definition) is 3. The Bertz CT molecular complexity index is 240. The second kappa shape index (κ2) is 8.81. The summed E-state index contributed by atoms with van der Waals surface area (Å²) in [4.78, 5) is 12.1. The molecule has 1 fully saturated rings. The number of carbonyl (C=O) groups is 1. The second-order valence-corrected chi connectivity index (χ2v) is 6.49. The summed E-state index contributed by atoms with van der Waals surface area (Å²) in [7, 11) is 0. The van der Waals surface area contributed by atoms with Crippen molar-refractivity contribution in [3.8, 4) is 0 Å². The first-order chi connectivity index (χ1) is 8.69. The Kier molecular flexibility index (Phi) is 7.75. The van der Waals surface area contributed by atoms with Crippen molar-refractivity contribution in [1.82, 2.24) is 10.6 Å². The molecule has 0 radical (unpaired) electrons. The Morgan fingerprint density at radius 1 is 1.33 bits per heavy atom. The number of hydrogen-bond donors (Lipinski definition) is 2. The average Bonchev–Trinajstić information content (AvgIpc) is 2.38. The van der Waals surface area contributed by atoms with Gasteiger partial charge < -0.3 is 10.6 Å². The highest BCUT2D eigenvalue weighted by molar-refractivity contribution is 7.98. The van der Waals surface area contributed by atoms with Gasteiger partial charge in [-0.3, -0.25) is 4.79 Å². The van der Waals surface area contributed by atoms with E-state index in [2.05, 4.69) is 23.8 Å². The van der Waals surface area contributed by atoms with E-state index in [1.807, 2.05) is 11.8 Å². The van der Waals surface area contributed by atoms with Gasteiger partial charge in [0.1, 0.15) is 0 Å². The van der Waals surface area contributed by atoms with E-state index in [0.717, 1.165) is 38.9 Å². The van der Waals surface area contributed by atoms with Crippen molar-refractivity contribution in [1.29, 1.82) is 0 Å². The van der Waals surface area contributed by atoms with E-state index in [0.29, 0.717) is 0 Å². The van der Waals surface area contributed by atoms with E-state index in [9.17, 15) is 4.79 Å². The Labute approximate surface area is 116 Å². The van der Waals surface area contributed by atoms with E-state index in [1.54, 1.807) is 0 Å². The van der Waals surface area contributed by atoms with Crippen LogP contribution in [-0.4, -0.2) is 37.6 Å². The van der Waals surface area contributed by atoms with Gasteiger partial charge in [0.2, 0.25) is 5.91 Å². The van der Waals surface area contributed by atoms with E-state index in [1.165, 1.54) is 25.0 Å². The monoisotopic (exact) mass is 272 g/mol. The summed E-state index contributed by atoms with van der Waals surface area (Å²) in [5.41, 5.74) is -0.183. The van der Waals surface area contributed by atoms with Crippen LogP contribution < -0.4 is 10.6 Å². The Morgan fingerprint density at radius 2 is 2.11 bits per heavy atom. The van der Waals surface area contributed by atoms with Crippen LogP contribution in [-0.2, 0) is 4.79 Å². The third kappa shape index (κ3) is 5.61. The highest BCUT2D eigenvalue weighted by atomic mass is 32.2. The maximum absolute atomic E-state index is 12.1. The predicted octanol–water partition coefficient (Wildman–Crippen LogP) is 2.42. The molecule has 0 spiro atoms. The lowest BCUT2D eigenvalue weighted by Crippen LogP contribution is -2.48. The van der Waals surface area contributed by atoms with Gasteiger partial charge in [0.05, 0.1) is 5.41 Å². The molecule has 0 saturated carbocycles. The number of carbonyl (C=O) groups excluding carboxylic acids is 1. The Hall–Kier alpha value is -0.220. The maximum atomic E-state index is 12.1. The minimum Gasteiger partial charge on any atom is -0.356 e. The molecule has 18 heavy (non-hydrogen) atoms. The van der Waals surface area contributed by atoms with Crippen LogP contribution in [0.5, 0.6) is 0 Å². The zero-order valence-electron chi connectivity index (χ0n) is 11.9. The maximum Gasteiger partial charge on any atom is 0.227 e. The molecule has 1 heterocycles. The Morgan fingerprint density at radius 3 is 2.78 bits per heavy atom. The topological polar surface area (TPSA) is 41.1 Å². The van der Waals surface area contributed by atoms with Gasteiger partial charge in [-0.1, -0.05) is 12.8 Å². The summed E-state index contributed by atoms with van der Waals surface area (Å²) in [6.45, 7) is 4.80. The zero-order valence-corrected chi connectivity index (χ0v) is 12.7. The molecule has 106 valence electrons. The van der Waals surface area contributed by atoms with Crippen molar-refractivity contribution < 1.29 is 4.79 Å². The van der Waals surface area contributed by atoms with Crippen LogP contribution in [0.25, 0.3) is 0 Å². The van der Waals surface area contributed by atoms with Gasteiger partial charge in [-0.2, -0.15) is 11.8 Å². The summed E-state index contributed by atoms with van der Waals surface area (Å²) in [5.74, 6) is 1.50. The fourth-order valence-electron chi connectivity index (χ4n) is 2.39. The molecule has 1 saturated heterocycles. The normalized spacial score (nSPS) is 23.9. The van der Waals surface area contributed by atoms with Crippen LogP contribution in [0.15, 0.2) is 0 Å². The molecule has 2 N–H and O–H groups in total. The molecule has 1 amide bonds. The van der Waals surface area contributed by atoms with E-state index in [-0.39, 0.29) is 11.3 Å². The van der Waals surface area contributed by atoms with Crippen LogP contribution in [0.1, 0.15) is 45.4 Å². The highest BCUT2D eigenvalue weighted by Crippen LogP contribution is 2.25. The van der Waals surface area contributed by atoms with Crippen LogP contribution in [0.3, 0.4) is 0 Å². The van der Waals surface area contributed by atoms with Crippen molar-refractivity contribution in [3.05, 3.63) is 0 Å². The van der Waals surface area contributed by atoms with Crippen molar-refractivity contribution >= 4 is 17.7 Å². The molecule has 0 aromatic rings. The number of thioether (sulfide) groups is 1. The lowest BCUT2D eigenvalue weighted by molar-refractivity contribution is -0.131.